The average molecular weight is 468 g/mol. The van der Waals surface area contributed by atoms with Crippen LogP contribution in [0.25, 0.3) is 0 Å². The number of ether oxygens (including phenoxy) is 2. The van der Waals surface area contributed by atoms with Gasteiger partial charge in [-0.15, -0.1) is 0 Å². The van der Waals surface area contributed by atoms with Crippen molar-refractivity contribution in [2.24, 2.45) is 0 Å². The molecular weight excluding hydrogens is 438 g/mol. The zero-order valence-corrected chi connectivity index (χ0v) is 19.8. The summed E-state index contributed by atoms with van der Waals surface area (Å²) in [6, 6.07) is 11.5. The van der Waals surface area contributed by atoms with E-state index in [1.165, 1.54) is 26.2 Å². The Morgan fingerprint density at radius 3 is 2.47 bits per heavy atom. The van der Waals surface area contributed by atoms with Crippen LogP contribution < -0.4 is 19.7 Å². The normalized spacial score (nSPS) is 15.0. The third-order valence-corrected chi connectivity index (χ3v) is 5.70. The van der Waals surface area contributed by atoms with Gasteiger partial charge in [0.15, 0.2) is 17.3 Å². The highest BCUT2D eigenvalue weighted by atomic mass is 16.5. The largest absolute Gasteiger partial charge is 0.493 e. The van der Waals surface area contributed by atoms with E-state index in [0.29, 0.717) is 28.4 Å². The third kappa shape index (κ3) is 5.54. The van der Waals surface area contributed by atoms with Gasteiger partial charge in [0.05, 0.1) is 32.1 Å². The molecule has 0 saturated carbocycles. The fourth-order valence-corrected chi connectivity index (χ4v) is 3.90. The molecule has 1 N–H and O–H groups in total. The molecule has 34 heavy (non-hydrogen) atoms. The number of nitrogens with zero attached hydrogens (tertiary/aromatic N) is 2. The topological polar surface area (TPSA) is 105 Å². The van der Waals surface area contributed by atoms with E-state index in [4.69, 9.17) is 9.47 Å². The van der Waals surface area contributed by atoms with Crippen molar-refractivity contribution in [1.29, 1.82) is 0 Å². The van der Waals surface area contributed by atoms with Gasteiger partial charge in [0.25, 0.3) is 0 Å². The number of amides is 3. The van der Waals surface area contributed by atoms with Crippen LogP contribution in [-0.4, -0.2) is 62.3 Å². The van der Waals surface area contributed by atoms with Gasteiger partial charge in [-0.2, -0.15) is 0 Å². The van der Waals surface area contributed by atoms with E-state index in [-0.39, 0.29) is 55.4 Å². The number of methoxy groups -OCH3 is 2. The number of anilines is 2. The molecule has 0 fully saturated rings. The first-order chi connectivity index (χ1) is 16.2. The molecule has 2 aromatic carbocycles. The standard InChI is InChI=1S/C25H29N3O6/c1-16-13-23(30)26-18-7-5-6-8-19(18)28(16)25(32)15-27(2)24(31)12-10-20(29)17-9-11-21(33-3)22(14-17)34-4/h5-9,11,14,16H,10,12-13,15H2,1-4H3,(H,26,30)/t16-/m1/s1. The first-order valence-electron chi connectivity index (χ1n) is 10.9. The number of benzene rings is 2. The number of carbonyl (C=O) groups is 4. The predicted octanol–water partition coefficient (Wildman–Crippen LogP) is 2.89. The second-order valence-corrected chi connectivity index (χ2v) is 8.12. The van der Waals surface area contributed by atoms with Gasteiger partial charge >= 0.3 is 0 Å². The third-order valence-electron chi connectivity index (χ3n) is 5.70. The number of rotatable bonds is 8. The van der Waals surface area contributed by atoms with E-state index < -0.39 is 0 Å². The van der Waals surface area contributed by atoms with E-state index in [1.54, 1.807) is 54.3 Å². The number of nitrogens with one attached hydrogen (secondary N) is 1. The first kappa shape index (κ1) is 24.8. The number of hydrogen-bond acceptors (Lipinski definition) is 6. The molecule has 0 spiro atoms. The molecule has 9 nitrogen and oxygen atoms in total. The van der Waals surface area contributed by atoms with Gasteiger partial charge in [-0.25, -0.2) is 0 Å². The lowest BCUT2D eigenvalue weighted by atomic mass is 10.1. The zero-order valence-electron chi connectivity index (χ0n) is 19.8. The Morgan fingerprint density at radius 1 is 1.06 bits per heavy atom. The summed E-state index contributed by atoms with van der Waals surface area (Å²) >= 11 is 0. The fourth-order valence-electron chi connectivity index (χ4n) is 3.90. The Kier molecular flexibility index (Phi) is 7.88. The number of fused-ring (bicyclic) bond motifs is 1. The molecule has 3 rings (SSSR count). The number of ketones is 1. The fraction of sp³-hybridized carbons (Fsp3) is 0.360. The van der Waals surface area contributed by atoms with Crippen LogP contribution >= 0.6 is 0 Å². The summed E-state index contributed by atoms with van der Waals surface area (Å²) in [5, 5.41) is 2.81. The number of hydrogen-bond donors (Lipinski definition) is 1. The van der Waals surface area contributed by atoms with Crippen LogP contribution in [0.2, 0.25) is 0 Å². The molecule has 3 amide bonds. The number of para-hydroxylation sites is 2. The van der Waals surface area contributed by atoms with Gasteiger partial charge in [-0.3, -0.25) is 19.2 Å². The predicted molar refractivity (Wildman–Crippen MR) is 127 cm³/mol. The van der Waals surface area contributed by atoms with Crippen LogP contribution in [0.1, 0.15) is 36.5 Å². The van der Waals surface area contributed by atoms with Crippen molar-refractivity contribution >= 4 is 34.9 Å². The van der Waals surface area contributed by atoms with Gasteiger partial charge in [0.1, 0.15) is 0 Å². The van der Waals surface area contributed by atoms with Crippen LogP contribution in [0, 0.1) is 0 Å². The van der Waals surface area contributed by atoms with Gasteiger partial charge in [0.2, 0.25) is 17.7 Å². The van der Waals surface area contributed by atoms with Crippen LogP contribution in [0.3, 0.4) is 0 Å². The molecule has 1 heterocycles. The first-order valence-corrected chi connectivity index (χ1v) is 10.9. The molecule has 0 radical (unpaired) electrons. The van der Waals surface area contributed by atoms with Crippen molar-refractivity contribution in [3.05, 3.63) is 48.0 Å². The molecule has 9 heteroatoms. The smallest absolute Gasteiger partial charge is 0.246 e. The molecule has 0 bridgehead atoms. The Labute approximate surface area is 198 Å². The minimum absolute atomic E-state index is 0.00573. The van der Waals surface area contributed by atoms with Crippen molar-refractivity contribution in [3.63, 3.8) is 0 Å². The molecule has 0 unspecified atom stereocenters. The second kappa shape index (κ2) is 10.8. The second-order valence-electron chi connectivity index (χ2n) is 8.12. The van der Waals surface area contributed by atoms with E-state index >= 15 is 0 Å². The molecule has 0 aliphatic carbocycles. The maximum absolute atomic E-state index is 13.1. The summed E-state index contributed by atoms with van der Waals surface area (Å²) in [4.78, 5) is 53.4. The minimum Gasteiger partial charge on any atom is -0.493 e. The number of likely N-dealkylation sites (N-methyl/N-ethyl adjacent to an activating group) is 1. The summed E-state index contributed by atoms with van der Waals surface area (Å²) in [7, 11) is 4.52. The Bertz CT molecular complexity index is 1100. The van der Waals surface area contributed by atoms with Crippen LogP contribution in [0.5, 0.6) is 11.5 Å². The van der Waals surface area contributed by atoms with Crippen LogP contribution in [-0.2, 0) is 14.4 Å². The molecule has 180 valence electrons. The maximum atomic E-state index is 13.1. The maximum Gasteiger partial charge on any atom is 0.246 e. The van der Waals surface area contributed by atoms with E-state index in [1.807, 2.05) is 0 Å². The summed E-state index contributed by atoms with van der Waals surface area (Å²) < 4.78 is 10.4. The highest BCUT2D eigenvalue weighted by Crippen LogP contribution is 2.31. The quantitative estimate of drug-likeness (QED) is 0.599. The van der Waals surface area contributed by atoms with Gasteiger partial charge in [-0.05, 0) is 37.3 Å². The summed E-state index contributed by atoms with van der Waals surface area (Å²) in [5.41, 5.74) is 1.56. The van der Waals surface area contributed by atoms with E-state index in [9.17, 15) is 19.2 Å². The molecule has 1 aliphatic heterocycles. The van der Waals surface area contributed by atoms with Crippen molar-refractivity contribution < 1.29 is 28.7 Å². The summed E-state index contributed by atoms with van der Waals surface area (Å²) in [5.74, 6) is -0.0792. The summed E-state index contributed by atoms with van der Waals surface area (Å²) in [6.45, 7) is 1.62. The van der Waals surface area contributed by atoms with Crippen LogP contribution in [0.4, 0.5) is 11.4 Å². The molecule has 1 aliphatic rings. The molecule has 1 atom stereocenters. The van der Waals surface area contributed by atoms with Crippen molar-refractivity contribution in [2.45, 2.75) is 32.2 Å². The summed E-state index contributed by atoms with van der Waals surface area (Å²) in [6.07, 6.45) is 0.106. The molecule has 2 aromatic rings. The van der Waals surface area contributed by atoms with Crippen molar-refractivity contribution in [2.75, 3.05) is 38.0 Å². The molecule has 0 saturated heterocycles. The van der Waals surface area contributed by atoms with E-state index in [0.717, 1.165) is 0 Å². The SMILES string of the molecule is COc1ccc(C(=O)CCC(=O)N(C)CC(=O)N2c3ccccc3NC(=O)C[C@H]2C)cc1OC. The average Bonchev–Trinajstić information content (AvgIpc) is 2.95. The lowest BCUT2D eigenvalue weighted by molar-refractivity contribution is -0.134. The van der Waals surface area contributed by atoms with Gasteiger partial charge in [0, 0.05) is 37.9 Å². The lowest BCUT2D eigenvalue weighted by Gasteiger charge is -2.29. The van der Waals surface area contributed by atoms with Gasteiger partial charge in [-0.1, -0.05) is 12.1 Å². The number of carbonyl (C=O) groups excluding carboxylic acids is 4. The molecule has 0 aromatic heterocycles. The van der Waals surface area contributed by atoms with Crippen molar-refractivity contribution in [3.8, 4) is 11.5 Å². The Hall–Kier alpha value is -3.88. The Balaban J connectivity index is 1.63. The monoisotopic (exact) mass is 467 g/mol. The van der Waals surface area contributed by atoms with E-state index in [2.05, 4.69) is 5.32 Å². The van der Waals surface area contributed by atoms with Crippen molar-refractivity contribution in [1.82, 2.24) is 4.90 Å². The highest BCUT2D eigenvalue weighted by Gasteiger charge is 2.30. The molecular formula is C25H29N3O6. The Morgan fingerprint density at radius 2 is 1.76 bits per heavy atom. The minimum atomic E-state index is -0.369. The van der Waals surface area contributed by atoms with Crippen LogP contribution in [0.15, 0.2) is 42.5 Å². The number of Topliss-reactive ketones (excluding diaryl/α,β-unsaturated/α-hetero) is 1. The lowest BCUT2D eigenvalue weighted by Crippen LogP contribution is -2.45. The highest BCUT2D eigenvalue weighted by molar-refractivity contribution is 6.05. The zero-order chi connectivity index (χ0) is 24.8. The van der Waals surface area contributed by atoms with Gasteiger partial charge < -0.3 is 24.6 Å².